The summed E-state index contributed by atoms with van der Waals surface area (Å²) in [6, 6.07) is 15.3. The van der Waals surface area contributed by atoms with E-state index in [1.807, 2.05) is 37.3 Å². The van der Waals surface area contributed by atoms with E-state index < -0.39 is 17.7 Å². The minimum atomic E-state index is -0.752. The molecular weight excluding hydrogens is 420 g/mol. The predicted octanol–water partition coefficient (Wildman–Crippen LogP) is 4.03. The number of carbonyl (C=O) groups excluding carboxylic acids is 2. The number of amides is 1. The number of hydrogen-bond donors (Lipinski definition) is 1. The van der Waals surface area contributed by atoms with Crippen molar-refractivity contribution in [1.82, 2.24) is 9.88 Å². The average Bonchev–Trinajstić information content (AvgIpc) is 3.08. The zero-order chi connectivity index (χ0) is 23.5. The van der Waals surface area contributed by atoms with Gasteiger partial charge in [0.25, 0.3) is 11.7 Å². The van der Waals surface area contributed by atoms with Gasteiger partial charge in [0.2, 0.25) is 0 Å². The first-order valence-electron chi connectivity index (χ1n) is 10.4. The lowest BCUT2D eigenvalue weighted by Gasteiger charge is -2.25. The molecule has 0 radical (unpaired) electrons. The fourth-order valence-corrected chi connectivity index (χ4v) is 4.06. The van der Waals surface area contributed by atoms with Crippen LogP contribution >= 0.6 is 0 Å². The molecule has 1 aromatic heterocycles. The van der Waals surface area contributed by atoms with Crippen LogP contribution < -0.4 is 9.47 Å². The SMILES string of the molecule is COc1ccc(/C(O)=C2/C(=O)C(=O)N(Cc3cccnc3)C2c2cccc(C)c2)cc1OC. The number of aliphatic hydroxyl groups excluding tert-OH is 1. The Morgan fingerprint density at radius 3 is 2.48 bits per heavy atom. The Labute approximate surface area is 191 Å². The van der Waals surface area contributed by atoms with Gasteiger partial charge in [0.1, 0.15) is 5.76 Å². The van der Waals surface area contributed by atoms with Crippen LogP contribution in [0.15, 0.2) is 72.6 Å². The highest BCUT2D eigenvalue weighted by Crippen LogP contribution is 2.41. The topological polar surface area (TPSA) is 89.0 Å². The van der Waals surface area contributed by atoms with Gasteiger partial charge in [-0.2, -0.15) is 0 Å². The molecule has 7 nitrogen and oxygen atoms in total. The number of aliphatic hydroxyl groups is 1. The Kier molecular flexibility index (Phi) is 6.13. The van der Waals surface area contributed by atoms with E-state index in [4.69, 9.17) is 9.47 Å². The third-order valence-electron chi connectivity index (χ3n) is 5.63. The van der Waals surface area contributed by atoms with Crippen molar-refractivity contribution in [2.24, 2.45) is 0 Å². The molecule has 33 heavy (non-hydrogen) atoms. The van der Waals surface area contributed by atoms with E-state index in [1.54, 1.807) is 36.7 Å². The highest BCUT2D eigenvalue weighted by molar-refractivity contribution is 6.46. The van der Waals surface area contributed by atoms with Gasteiger partial charge >= 0.3 is 0 Å². The highest BCUT2D eigenvalue weighted by Gasteiger charge is 2.46. The first kappa shape index (κ1) is 22.1. The zero-order valence-corrected chi connectivity index (χ0v) is 18.6. The Balaban J connectivity index is 1.88. The van der Waals surface area contributed by atoms with Crippen LogP contribution in [-0.4, -0.2) is 40.9 Å². The average molecular weight is 444 g/mol. The normalized spacial score (nSPS) is 17.3. The minimum Gasteiger partial charge on any atom is -0.507 e. The maximum absolute atomic E-state index is 13.2. The molecule has 2 heterocycles. The quantitative estimate of drug-likeness (QED) is 0.351. The molecule has 0 saturated carbocycles. The summed E-state index contributed by atoms with van der Waals surface area (Å²) in [6.45, 7) is 2.12. The molecule has 1 fully saturated rings. The maximum atomic E-state index is 13.2. The fourth-order valence-electron chi connectivity index (χ4n) is 4.06. The molecule has 1 aliphatic heterocycles. The van der Waals surface area contributed by atoms with Crippen molar-refractivity contribution in [2.45, 2.75) is 19.5 Å². The predicted molar refractivity (Wildman–Crippen MR) is 123 cm³/mol. The smallest absolute Gasteiger partial charge is 0.295 e. The van der Waals surface area contributed by atoms with Crippen molar-refractivity contribution in [2.75, 3.05) is 14.2 Å². The van der Waals surface area contributed by atoms with Crippen LogP contribution in [0.3, 0.4) is 0 Å². The van der Waals surface area contributed by atoms with Gasteiger partial charge in [-0.15, -0.1) is 0 Å². The number of ketones is 1. The summed E-state index contributed by atoms with van der Waals surface area (Å²) in [7, 11) is 3.00. The van der Waals surface area contributed by atoms with E-state index in [2.05, 4.69) is 4.98 Å². The minimum absolute atomic E-state index is 0.0294. The third kappa shape index (κ3) is 4.17. The molecule has 1 atom stereocenters. The summed E-state index contributed by atoms with van der Waals surface area (Å²) >= 11 is 0. The summed E-state index contributed by atoms with van der Waals surface area (Å²) in [5, 5.41) is 11.2. The van der Waals surface area contributed by atoms with Gasteiger partial charge in [0.15, 0.2) is 11.5 Å². The summed E-state index contributed by atoms with van der Waals surface area (Å²) in [6.07, 6.45) is 3.30. The second-order valence-electron chi connectivity index (χ2n) is 7.77. The van der Waals surface area contributed by atoms with Crippen LogP contribution in [0.5, 0.6) is 11.5 Å². The van der Waals surface area contributed by atoms with E-state index in [-0.39, 0.29) is 17.9 Å². The Morgan fingerprint density at radius 1 is 1.03 bits per heavy atom. The number of rotatable bonds is 6. The van der Waals surface area contributed by atoms with Gasteiger partial charge in [-0.1, -0.05) is 35.9 Å². The molecule has 1 aliphatic rings. The first-order valence-corrected chi connectivity index (χ1v) is 10.4. The molecule has 168 valence electrons. The van der Waals surface area contributed by atoms with Crippen molar-refractivity contribution < 1.29 is 24.2 Å². The summed E-state index contributed by atoms with van der Waals surface area (Å²) in [4.78, 5) is 31.9. The molecule has 1 amide bonds. The number of benzene rings is 2. The monoisotopic (exact) mass is 444 g/mol. The van der Waals surface area contributed by atoms with E-state index >= 15 is 0 Å². The van der Waals surface area contributed by atoms with Crippen LogP contribution in [0.25, 0.3) is 5.76 Å². The zero-order valence-electron chi connectivity index (χ0n) is 18.6. The van der Waals surface area contributed by atoms with Crippen LogP contribution in [0, 0.1) is 6.92 Å². The van der Waals surface area contributed by atoms with Gasteiger partial charge in [0.05, 0.1) is 25.8 Å². The second kappa shape index (κ2) is 9.16. The number of Topliss-reactive ketones (excluding diaryl/α,β-unsaturated/α-hetero) is 1. The summed E-state index contributed by atoms with van der Waals surface area (Å²) < 4.78 is 10.6. The lowest BCUT2D eigenvalue weighted by molar-refractivity contribution is -0.140. The number of methoxy groups -OCH3 is 2. The van der Waals surface area contributed by atoms with E-state index in [0.29, 0.717) is 17.1 Å². The Bertz CT molecular complexity index is 1240. The lowest BCUT2D eigenvalue weighted by Crippen LogP contribution is -2.29. The molecular formula is C26H24N2O5. The number of nitrogens with zero attached hydrogens (tertiary/aromatic N) is 2. The van der Waals surface area contributed by atoms with E-state index in [0.717, 1.165) is 16.7 Å². The fraction of sp³-hybridized carbons (Fsp3) is 0.192. The van der Waals surface area contributed by atoms with E-state index in [1.165, 1.54) is 19.1 Å². The Morgan fingerprint density at radius 2 is 1.82 bits per heavy atom. The van der Waals surface area contributed by atoms with Gasteiger partial charge in [0, 0.05) is 24.5 Å². The van der Waals surface area contributed by atoms with Crippen molar-refractivity contribution in [1.29, 1.82) is 0 Å². The van der Waals surface area contributed by atoms with Crippen LogP contribution in [0.4, 0.5) is 0 Å². The number of ether oxygens (including phenoxy) is 2. The van der Waals surface area contributed by atoms with Gasteiger partial charge < -0.3 is 19.5 Å². The molecule has 0 spiro atoms. The molecule has 1 N–H and O–H groups in total. The number of carbonyl (C=O) groups is 2. The molecule has 1 saturated heterocycles. The standard InChI is InChI=1S/C26H24N2O5/c1-16-6-4-8-18(12-16)23-22(24(29)19-9-10-20(32-2)21(13-19)33-3)25(30)26(31)28(23)15-17-7-5-11-27-14-17/h4-14,23,29H,15H2,1-3H3/b24-22-. The molecule has 2 aromatic carbocycles. The molecule has 0 bridgehead atoms. The molecule has 4 rings (SSSR count). The number of aryl methyl sites for hydroxylation is 1. The number of likely N-dealkylation sites (tertiary alicyclic amines) is 1. The van der Waals surface area contributed by atoms with Crippen molar-refractivity contribution >= 4 is 17.4 Å². The number of hydrogen-bond acceptors (Lipinski definition) is 6. The van der Waals surface area contributed by atoms with Gasteiger partial charge in [-0.05, 0) is 42.3 Å². The van der Waals surface area contributed by atoms with Gasteiger partial charge in [-0.25, -0.2) is 0 Å². The van der Waals surface area contributed by atoms with Crippen LogP contribution in [-0.2, 0) is 16.1 Å². The second-order valence-corrected chi connectivity index (χ2v) is 7.77. The first-order chi connectivity index (χ1) is 15.9. The maximum Gasteiger partial charge on any atom is 0.295 e. The third-order valence-corrected chi connectivity index (χ3v) is 5.63. The Hall–Kier alpha value is -4.13. The van der Waals surface area contributed by atoms with Crippen molar-refractivity contribution in [3.8, 4) is 11.5 Å². The molecule has 7 heteroatoms. The lowest BCUT2D eigenvalue weighted by atomic mass is 9.94. The van der Waals surface area contributed by atoms with Gasteiger partial charge in [-0.3, -0.25) is 14.6 Å². The van der Waals surface area contributed by atoms with Crippen LogP contribution in [0.1, 0.15) is 28.3 Å². The molecule has 1 unspecified atom stereocenters. The highest BCUT2D eigenvalue weighted by atomic mass is 16.5. The summed E-state index contributed by atoms with van der Waals surface area (Å²) in [5.41, 5.74) is 2.88. The number of aromatic nitrogens is 1. The van der Waals surface area contributed by atoms with Crippen LogP contribution in [0.2, 0.25) is 0 Å². The van der Waals surface area contributed by atoms with E-state index in [9.17, 15) is 14.7 Å². The molecule has 0 aliphatic carbocycles. The largest absolute Gasteiger partial charge is 0.507 e. The molecule has 3 aromatic rings. The number of pyridine rings is 1. The summed E-state index contributed by atoms with van der Waals surface area (Å²) in [5.74, 6) is -0.792. The van der Waals surface area contributed by atoms with Crippen molar-refractivity contribution in [3.05, 3.63) is 94.8 Å². The van der Waals surface area contributed by atoms with Crippen molar-refractivity contribution in [3.63, 3.8) is 0 Å².